The zero-order chi connectivity index (χ0) is 45.9. The van der Waals surface area contributed by atoms with E-state index < -0.39 is 75.9 Å². The van der Waals surface area contributed by atoms with Gasteiger partial charge in [-0.1, -0.05) is 82.6 Å². The fourth-order valence-electron chi connectivity index (χ4n) is 6.89. The average molecular weight is 924 g/mol. The monoisotopic (exact) mass is 922 g/mol. The Labute approximate surface area is 365 Å². The minimum atomic E-state index is -1.40. The lowest BCUT2D eigenvalue weighted by molar-refractivity contribution is -0.142. The minimum Gasteiger partial charge on any atom is -0.480 e. The van der Waals surface area contributed by atoms with Gasteiger partial charge >= 0.3 is 11.9 Å². The number of halogens is 1. The van der Waals surface area contributed by atoms with Crippen molar-refractivity contribution in [2.75, 3.05) is 26.4 Å². The maximum absolute atomic E-state index is 14.3. The first kappa shape index (κ1) is 52.0. The van der Waals surface area contributed by atoms with Crippen molar-refractivity contribution in [2.24, 2.45) is 17.1 Å². The molecule has 334 valence electrons. The first-order valence-electron chi connectivity index (χ1n) is 19.9. The smallest absolute Gasteiger partial charge is 0.326 e. The molecule has 0 aliphatic carbocycles. The van der Waals surface area contributed by atoms with Gasteiger partial charge in [-0.3, -0.25) is 38.5 Å². The van der Waals surface area contributed by atoms with E-state index >= 15 is 0 Å². The fourth-order valence-corrected chi connectivity index (χ4v) is 8.40. The van der Waals surface area contributed by atoms with Gasteiger partial charge in [-0.15, -0.1) is 11.8 Å². The highest BCUT2D eigenvalue weighted by Gasteiger charge is 2.42. The largest absolute Gasteiger partial charge is 0.480 e. The highest BCUT2D eigenvalue weighted by molar-refractivity contribution is 9.10. The maximum atomic E-state index is 14.3. The Morgan fingerprint density at radius 3 is 2.18 bits per heavy atom. The number of nitrogens with zero attached hydrogens (tertiary/aromatic N) is 2. The second kappa shape index (κ2) is 22.6. The summed E-state index contributed by atoms with van der Waals surface area (Å²) in [5, 5.41) is 26.7. The van der Waals surface area contributed by atoms with Crippen molar-refractivity contribution in [1.82, 2.24) is 25.8 Å². The van der Waals surface area contributed by atoms with Gasteiger partial charge in [0.25, 0.3) is 0 Å². The van der Waals surface area contributed by atoms with Crippen LogP contribution in [0.2, 0.25) is 0 Å². The van der Waals surface area contributed by atoms with Crippen LogP contribution in [0.4, 0.5) is 0 Å². The molecule has 0 bridgehead atoms. The number of nitrogens with one attached hydrogen (secondary N) is 3. The Hall–Kier alpha value is -4.13. The molecule has 0 spiro atoms. The molecule has 1 aliphatic rings. The van der Waals surface area contributed by atoms with Crippen LogP contribution < -0.4 is 21.7 Å². The summed E-state index contributed by atoms with van der Waals surface area (Å²) in [4.78, 5) is 105. The number of carboxylic acid groups (broad SMARTS) is 2. The van der Waals surface area contributed by atoms with Crippen LogP contribution >= 0.6 is 27.7 Å². The molecule has 16 nitrogen and oxygen atoms in total. The Bertz CT molecular complexity index is 1800. The molecule has 1 heterocycles. The number of likely N-dealkylation sites (tertiary alicyclic amines) is 1. The zero-order valence-corrected chi connectivity index (χ0v) is 38.7. The number of ketones is 1. The number of hydrogen-bond acceptors (Lipinski definition) is 11. The van der Waals surface area contributed by atoms with E-state index in [1.165, 1.54) is 11.8 Å². The molecule has 0 radical (unpaired) electrons. The number of thioether (sulfide) groups is 1. The normalized spacial score (nSPS) is 17.4. The number of carbonyl (C=O) groups is 8. The summed E-state index contributed by atoms with van der Waals surface area (Å²) in [6.45, 7) is 14.7. The molecule has 1 saturated heterocycles. The molecule has 1 unspecified atom stereocenters. The number of hydrogen-bond donors (Lipinski definition) is 6. The molecular weight excluding hydrogens is 860 g/mol. The van der Waals surface area contributed by atoms with Crippen LogP contribution in [0, 0.1) is 11.3 Å². The van der Waals surface area contributed by atoms with Gasteiger partial charge in [-0.25, -0.2) is 4.79 Å². The Kier molecular flexibility index (Phi) is 19.6. The van der Waals surface area contributed by atoms with Crippen molar-refractivity contribution in [3.05, 3.63) is 46.0 Å². The molecule has 7 N–H and O–H groups in total. The van der Waals surface area contributed by atoms with E-state index in [1.54, 1.807) is 20.2 Å². The lowest BCUT2D eigenvalue weighted by Gasteiger charge is -2.40. The van der Waals surface area contributed by atoms with E-state index in [1.807, 2.05) is 72.7 Å². The van der Waals surface area contributed by atoms with E-state index in [0.29, 0.717) is 0 Å². The second-order valence-electron chi connectivity index (χ2n) is 17.2. The van der Waals surface area contributed by atoms with Crippen LogP contribution in [-0.4, -0.2) is 129 Å². The van der Waals surface area contributed by atoms with Crippen molar-refractivity contribution in [3.8, 4) is 0 Å². The first-order chi connectivity index (χ1) is 27.7. The Balaban J connectivity index is 2.08. The van der Waals surface area contributed by atoms with E-state index in [4.69, 9.17) is 10.8 Å². The summed E-state index contributed by atoms with van der Waals surface area (Å²) >= 11 is 4.50. The first-order valence-corrected chi connectivity index (χ1v) is 21.8. The summed E-state index contributed by atoms with van der Waals surface area (Å²) < 4.78 is 0.869. The molecule has 5 amide bonds. The predicted octanol–water partition coefficient (Wildman–Crippen LogP) is 3.25. The lowest BCUT2D eigenvalue weighted by atomic mass is 9.76. The number of nitrogens with two attached hydrogens (primary N) is 1. The summed E-state index contributed by atoms with van der Waals surface area (Å²) in [5.74, 6) is -5.47. The molecule has 6 atom stereocenters. The summed E-state index contributed by atoms with van der Waals surface area (Å²) in [7, 11) is 3.29. The number of benzene rings is 1. The molecule has 18 heteroatoms. The number of amides is 5. The molecule has 60 heavy (non-hydrogen) atoms. The molecule has 1 aromatic rings. The van der Waals surface area contributed by atoms with Crippen molar-refractivity contribution in [2.45, 2.75) is 128 Å². The fraction of sp³-hybridized carbons (Fsp3) is 0.619. The second-order valence-corrected chi connectivity index (χ2v) is 19.3. The van der Waals surface area contributed by atoms with Crippen LogP contribution in [0.1, 0.15) is 93.1 Å². The maximum Gasteiger partial charge on any atom is 0.326 e. The molecule has 0 saturated carbocycles. The van der Waals surface area contributed by atoms with E-state index in [2.05, 4.69) is 31.9 Å². The third-order valence-electron chi connectivity index (χ3n) is 10.6. The summed E-state index contributed by atoms with van der Waals surface area (Å²) in [6.07, 6.45) is 1.21. The number of imide groups is 1. The van der Waals surface area contributed by atoms with Crippen molar-refractivity contribution in [3.63, 3.8) is 0 Å². The Morgan fingerprint density at radius 2 is 1.65 bits per heavy atom. The SMILES string of the molecule is CN[C@H](C(=O)N[C@H](C(=O)N(C)[C@H](/C=C(\C)C(=O)N[C@H](CCC(=O)CCCN1C(=O)CC(SC[C@H](N)C(=O)O)C1=O)C(=O)O)C(C)C)C(C)(C)C)C(C)(C)c1cccc(Br)c1. The minimum absolute atomic E-state index is 0.0212. The number of carboxylic acids is 2. The van der Waals surface area contributed by atoms with Gasteiger partial charge in [0.1, 0.15) is 23.9 Å². The number of likely N-dealkylation sites (N-methyl/N-ethyl adjacent to an activating group) is 2. The van der Waals surface area contributed by atoms with Crippen LogP contribution in [0.3, 0.4) is 0 Å². The van der Waals surface area contributed by atoms with Gasteiger partial charge in [0.15, 0.2) is 0 Å². The zero-order valence-electron chi connectivity index (χ0n) is 36.3. The van der Waals surface area contributed by atoms with Crippen LogP contribution in [-0.2, 0) is 43.8 Å². The summed E-state index contributed by atoms with van der Waals surface area (Å²) in [5.41, 5.74) is 5.17. The third-order valence-corrected chi connectivity index (χ3v) is 12.5. The molecule has 1 fully saturated rings. The predicted molar refractivity (Wildman–Crippen MR) is 233 cm³/mol. The molecule has 0 aromatic heterocycles. The van der Waals surface area contributed by atoms with Gasteiger partial charge in [-0.05, 0) is 55.8 Å². The van der Waals surface area contributed by atoms with Gasteiger partial charge in [0, 0.05) is 54.1 Å². The van der Waals surface area contributed by atoms with Crippen LogP contribution in [0.25, 0.3) is 0 Å². The molecule has 1 aromatic carbocycles. The standard InChI is InChI=1S/C42H63BrN6O10S/c1-23(2)30(48(10)38(55)34(41(4,5)6)47-36(53)33(45-9)42(7,8)25-13-11-14-26(43)20-25)19-24(3)35(52)46-29(40(58)59)17-16-27(50)15-12-18-49-32(51)21-31(37(49)54)60-22-28(44)39(56)57/h11,13-14,19-20,23,28-31,33-34,45H,12,15-18,21-22,44H2,1-10H3,(H,46,52)(H,47,53)(H,56,57)(H,58,59)/b24-19+/t28-,29+,30+,31?,33+,34+/m0/s1. The van der Waals surface area contributed by atoms with Crippen molar-refractivity contribution in [1.29, 1.82) is 0 Å². The third kappa shape index (κ3) is 14.5. The number of carbonyl (C=O) groups excluding carboxylic acids is 6. The van der Waals surface area contributed by atoms with E-state index in [0.717, 1.165) is 26.7 Å². The van der Waals surface area contributed by atoms with Crippen LogP contribution in [0.5, 0.6) is 0 Å². The topological polar surface area (TPSA) is 246 Å². The van der Waals surface area contributed by atoms with Gasteiger partial charge in [0.2, 0.25) is 29.5 Å². The van der Waals surface area contributed by atoms with Gasteiger partial charge in [0.05, 0.1) is 17.3 Å². The summed E-state index contributed by atoms with van der Waals surface area (Å²) in [6, 6.07) is 2.82. The number of rotatable bonds is 23. The molecule has 2 rings (SSSR count). The highest BCUT2D eigenvalue weighted by Crippen LogP contribution is 2.31. The average Bonchev–Trinajstić information content (AvgIpc) is 3.42. The van der Waals surface area contributed by atoms with Crippen molar-refractivity contribution >= 4 is 74.9 Å². The van der Waals surface area contributed by atoms with E-state index in [-0.39, 0.29) is 73.5 Å². The molecule has 1 aliphatic heterocycles. The van der Waals surface area contributed by atoms with Crippen LogP contribution in [0.15, 0.2) is 40.4 Å². The lowest BCUT2D eigenvalue weighted by Crippen LogP contribution is -2.61. The van der Waals surface area contributed by atoms with Gasteiger partial charge < -0.3 is 36.8 Å². The quantitative estimate of drug-likeness (QED) is 0.0683. The van der Waals surface area contributed by atoms with Crippen molar-refractivity contribution < 1.29 is 48.6 Å². The number of Topliss-reactive ketones (excluding diaryl/α,β-unsaturated/α-hetero) is 1. The Morgan fingerprint density at radius 1 is 1.02 bits per heavy atom. The van der Waals surface area contributed by atoms with Gasteiger partial charge in [-0.2, -0.15) is 0 Å². The highest BCUT2D eigenvalue weighted by atomic mass is 79.9. The van der Waals surface area contributed by atoms with E-state index in [9.17, 15) is 43.5 Å². The molecular formula is C42H63BrN6O10S. The number of aliphatic carboxylic acids is 2.